The zero-order valence-electron chi connectivity index (χ0n) is 12.5. The summed E-state index contributed by atoms with van der Waals surface area (Å²) in [5, 5.41) is 3.96. The van der Waals surface area contributed by atoms with Gasteiger partial charge in [-0.3, -0.25) is 4.79 Å². The van der Waals surface area contributed by atoms with Crippen LogP contribution in [-0.2, 0) is 0 Å². The summed E-state index contributed by atoms with van der Waals surface area (Å²) >= 11 is 6.73. The van der Waals surface area contributed by atoms with Crippen molar-refractivity contribution in [1.82, 2.24) is 5.43 Å². The molecule has 0 aliphatic rings. The molecular weight excluding hydrogens is 428 g/mol. The molecule has 0 heterocycles. The van der Waals surface area contributed by atoms with Crippen LogP contribution < -0.4 is 14.9 Å². The Balaban J connectivity index is 2.10. The number of nitrogens with zero attached hydrogens (tertiary/aromatic N) is 1. The molecule has 120 valence electrons. The fourth-order valence-corrected chi connectivity index (χ4v) is 2.73. The summed E-state index contributed by atoms with van der Waals surface area (Å²) in [7, 11) is 3.12. The van der Waals surface area contributed by atoms with E-state index < -0.39 is 0 Å². The summed E-state index contributed by atoms with van der Waals surface area (Å²) in [5.74, 6) is 0.888. The quantitative estimate of drug-likeness (QED) is 0.563. The summed E-state index contributed by atoms with van der Waals surface area (Å²) in [6.07, 6.45) is 1.53. The first kappa shape index (κ1) is 17.5. The van der Waals surface area contributed by atoms with Gasteiger partial charge in [0.15, 0.2) is 11.5 Å². The molecule has 1 N–H and O–H groups in total. The van der Waals surface area contributed by atoms with Crippen LogP contribution in [0.4, 0.5) is 0 Å². The lowest BCUT2D eigenvalue weighted by molar-refractivity contribution is 0.0955. The van der Waals surface area contributed by atoms with Crippen LogP contribution >= 0.6 is 31.9 Å². The lowest BCUT2D eigenvalue weighted by Crippen LogP contribution is -2.17. The second-order valence-corrected chi connectivity index (χ2v) is 6.21. The molecule has 0 radical (unpaired) electrons. The van der Waals surface area contributed by atoms with Gasteiger partial charge in [0.1, 0.15) is 0 Å². The van der Waals surface area contributed by atoms with Crippen molar-refractivity contribution in [2.24, 2.45) is 5.10 Å². The molecule has 7 heteroatoms. The number of benzene rings is 2. The monoisotopic (exact) mass is 440 g/mol. The highest BCUT2D eigenvalue weighted by Gasteiger charge is 2.09. The number of hydrazone groups is 1. The minimum absolute atomic E-state index is 0.284. The number of carbonyl (C=O) groups is 1. The third-order valence-electron chi connectivity index (χ3n) is 2.94. The summed E-state index contributed by atoms with van der Waals surface area (Å²) in [6.45, 7) is 0. The molecule has 0 atom stereocenters. The largest absolute Gasteiger partial charge is 0.493 e. The van der Waals surface area contributed by atoms with Gasteiger partial charge in [0.25, 0.3) is 5.91 Å². The normalized spacial score (nSPS) is 10.6. The van der Waals surface area contributed by atoms with Crippen LogP contribution in [0.2, 0.25) is 0 Å². The third-order valence-corrected chi connectivity index (χ3v) is 4.06. The molecule has 2 rings (SSSR count). The second kappa shape index (κ2) is 8.12. The van der Waals surface area contributed by atoms with E-state index in [-0.39, 0.29) is 5.91 Å². The maximum atomic E-state index is 11.9. The highest BCUT2D eigenvalue weighted by molar-refractivity contribution is 9.10. The molecule has 0 unspecified atom stereocenters. The average Bonchev–Trinajstić information content (AvgIpc) is 2.54. The van der Waals surface area contributed by atoms with Crippen molar-refractivity contribution in [2.75, 3.05) is 14.2 Å². The Morgan fingerprint density at radius 2 is 1.83 bits per heavy atom. The van der Waals surface area contributed by atoms with E-state index in [1.165, 1.54) is 6.21 Å². The molecule has 0 bridgehead atoms. The molecule has 0 fully saturated rings. The van der Waals surface area contributed by atoms with Crippen LogP contribution in [0.1, 0.15) is 15.9 Å². The van der Waals surface area contributed by atoms with Gasteiger partial charge in [-0.25, -0.2) is 5.43 Å². The minimum Gasteiger partial charge on any atom is -0.493 e. The van der Waals surface area contributed by atoms with Crippen molar-refractivity contribution in [3.8, 4) is 11.5 Å². The average molecular weight is 442 g/mol. The Kier molecular flexibility index (Phi) is 6.18. The van der Waals surface area contributed by atoms with Crippen LogP contribution in [-0.4, -0.2) is 26.3 Å². The first-order chi connectivity index (χ1) is 11.0. The third kappa shape index (κ3) is 4.56. The summed E-state index contributed by atoms with van der Waals surface area (Å²) in [5.41, 5.74) is 3.76. The number of hydrogen-bond acceptors (Lipinski definition) is 4. The first-order valence-corrected chi connectivity index (χ1v) is 8.14. The van der Waals surface area contributed by atoms with Crippen molar-refractivity contribution < 1.29 is 14.3 Å². The zero-order valence-corrected chi connectivity index (χ0v) is 15.6. The lowest BCUT2D eigenvalue weighted by atomic mass is 10.2. The van der Waals surface area contributed by atoms with Crippen molar-refractivity contribution >= 4 is 44.0 Å². The Bertz CT molecular complexity index is 731. The summed E-state index contributed by atoms with van der Waals surface area (Å²) < 4.78 is 12.1. The van der Waals surface area contributed by atoms with E-state index in [1.54, 1.807) is 44.6 Å². The number of methoxy groups -OCH3 is 2. The standard InChI is InChI=1S/C16H14Br2N2O3/c1-22-14-8-10(7-13(18)15(14)23-2)9-19-20-16(21)11-3-5-12(17)6-4-11/h3-9H,1-2H3,(H,20,21)/b19-9+. The maximum Gasteiger partial charge on any atom is 0.271 e. The highest BCUT2D eigenvalue weighted by Crippen LogP contribution is 2.35. The zero-order chi connectivity index (χ0) is 16.8. The molecule has 0 saturated carbocycles. The van der Waals surface area contributed by atoms with Gasteiger partial charge >= 0.3 is 0 Å². The second-order valence-electron chi connectivity index (χ2n) is 4.44. The Labute approximate surface area is 150 Å². The van der Waals surface area contributed by atoms with E-state index in [1.807, 2.05) is 6.07 Å². The van der Waals surface area contributed by atoms with E-state index in [0.29, 0.717) is 17.1 Å². The fourth-order valence-electron chi connectivity index (χ4n) is 1.84. The van der Waals surface area contributed by atoms with Crippen LogP contribution in [0, 0.1) is 0 Å². The van der Waals surface area contributed by atoms with Gasteiger partial charge in [-0.2, -0.15) is 5.10 Å². The summed E-state index contributed by atoms with van der Waals surface area (Å²) in [4.78, 5) is 11.9. The number of nitrogens with one attached hydrogen (secondary N) is 1. The van der Waals surface area contributed by atoms with Gasteiger partial charge in [0.2, 0.25) is 0 Å². The van der Waals surface area contributed by atoms with Crippen LogP contribution in [0.5, 0.6) is 11.5 Å². The Morgan fingerprint density at radius 1 is 1.13 bits per heavy atom. The molecule has 0 aromatic heterocycles. The number of amides is 1. The van der Waals surface area contributed by atoms with Crippen LogP contribution in [0.3, 0.4) is 0 Å². The van der Waals surface area contributed by atoms with E-state index >= 15 is 0 Å². The molecule has 0 aliphatic heterocycles. The molecule has 0 aliphatic carbocycles. The van der Waals surface area contributed by atoms with Crippen molar-refractivity contribution in [3.05, 3.63) is 56.5 Å². The number of halogens is 2. The SMILES string of the molecule is COc1cc(/C=N/NC(=O)c2ccc(Br)cc2)cc(Br)c1OC. The topological polar surface area (TPSA) is 59.9 Å². The van der Waals surface area contributed by atoms with Crippen molar-refractivity contribution in [3.63, 3.8) is 0 Å². The smallest absolute Gasteiger partial charge is 0.271 e. The lowest BCUT2D eigenvalue weighted by Gasteiger charge is -2.10. The number of ether oxygens (including phenoxy) is 2. The van der Waals surface area contributed by atoms with Gasteiger partial charge in [-0.05, 0) is 57.9 Å². The Hall–Kier alpha value is -1.86. The van der Waals surface area contributed by atoms with Crippen molar-refractivity contribution in [1.29, 1.82) is 0 Å². The fraction of sp³-hybridized carbons (Fsp3) is 0.125. The van der Waals surface area contributed by atoms with Crippen LogP contribution in [0.15, 0.2) is 50.4 Å². The van der Waals surface area contributed by atoms with Gasteiger partial charge in [-0.15, -0.1) is 0 Å². The van der Waals surface area contributed by atoms with E-state index in [9.17, 15) is 4.79 Å². The minimum atomic E-state index is -0.284. The molecule has 2 aromatic rings. The number of rotatable bonds is 5. The molecule has 0 spiro atoms. The van der Waals surface area contributed by atoms with Gasteiger partial charge in [0, 0.05) is 10.0 Å². The predicted octanol–water partition coefficient (Wildman–Crippen LogP) is 3.99. The predicted molar refractivity (Wildman–Crippen MR) is 96.4 cm³/mol. The Morgan fingerprint density at radius 3 is 2.43 bits per heavy atom. The van der Waals surface area contributed by atoms with Gasteiger partial charge in [-0.1, -0.05) is 15.9 Å². The van der Waals surface area contributed by atoms with Crippen LogP contribution in [0.25, 0.3) is 0 Å². The number of carbonyl (C=O) groups excluding carboxylic acids is 1. The van der Waals surface area contributed by atoms with E-state index in [4.69, 9.17) is 9.47 Å². The molecular formula is C16H14Br2N2O3. The summed E-state index contributed by atoms with van der Waals surface area (Å²) in [6, 6.07) is 10.6. The number of hydrogen-bond donors (Lipinski definition) is 1. The maximum absolute atomic E-state index is 11.9. The molecule has 5 nitrogen and oxygen atoms in total. The molecule has 23 heavy (non-hydrogen) atoms. The molecule has 1 amide bonds. The van der Waals surface area contributed by atoms with E-state index in [2.05, 4.69) is 42.4 Å². The molecule has 2 aromatic carbocycles. The first-order valence-electron chi connectivity index (χ1n) is 6.55. The van der Waals surface area contributed by atoms with Gasteiger partial charge in [0.05, 0.1) is 24.9 Å². The van der Waals surface area contributed by atoms with E-state index in [0.717, 1.165) is 14.5 Å². The van der Waals surface area contributed by atoms with Gasteiger partial charge < -0.3 is 9.47 Å². The van der Waals surface area contributed by atoms with Crippen molar-refractivity contribution in [2.45, 2.75) is 0 Å². The highest BCUT2D eigenvalue weighted by atomic mass is 79.9. The molecule has 0 saturated heterocycles.